The van der Waals surface area contributed by atoms with Gasteiger partial charge in [-0.2, -0.15) is 0 Å². The fourth-order valence-corrected chi connectivity index (χ4v) is 0.982. The quantitative estimate of drug-likeness (QED) is 0.647. The zero-order valence-corrected chi connectivity index (χ0v) is 10.5. The minimum Gasteiger partial charge on any atom is -1.00 e. The topological polar surface area (TPSA) is 9.23 Å². The molecule has 3 heteroatoms. The van der Waals surface area contributed by atoms with Gasteiger partial charge in [0.15, 0.2) is 0 Å². The molecule has 0 heterocycles. The van der Waals surface area contributed by atoms with E-state index < -0.39 is 0 Å². The second-order valence-electron chi connectivity index (χ2n) is 3.67. The van der Waals surface area contributed by atoms with Gasteiger partial charge in [0.1, 0.15) is 11.4 Å². The Hall–Kier alpha value is 0.0762. The fraction of sp³-hybridized carbons (Fsp3) is 0.400. The Labute approximate surface area is 104 Å². The molecule has 0 aliphatic carbocycles. The van der Waals surface area contributed by atoms with E-state index in [1.165, 1.54) is 0 Å². The summed E-state index contributed by atoms with van der Waals surface area (Å²) in [6.45, 7) is 6.05. The third-order valence-corrected chi connectivity index (χ3v) is 1.49. The first-order valence-electron chi connectivity index (χ1n) is 3.92. The van der Waals surface area contributed by atoms with Gasteiger partial charge in [-0.05, 0) is 45.0 Å². The maximum atomic E-state index is 5.73. The molecule has 0 aromatic heterocycles. The van der Waals surface area contributed by atoms with E-state index in [9.17, 15) is 0 Å². The van der Waals surface area contributed by atoms with E-state index >= 15 is 0 Å². The summed E-state index contributed by atoms with van der Waals surface area (Å²) in [7, 11) is 0. The normalized spacial score (nSPS) is 10.5. The van der Waals surface area contributed by atoms with Crippen LogP contribution in [-0.4, -0.2) is 28.7 Å². The summed E-state index contributed by atoms with van der Waals surface area (Å²) in [6.07, 6.45) is 0. The van der Waals surface area contributed by atoms with Gasteiger partial charge in [0, 0.05) is 5.02 Å². The summed E-state index contributed by atoms with van der Waals surface area (Å²) in [5.41, 5.74) is -0.145. The number of hydrogen-bond donors (Lipinski definition) is 0. The average Bonchev–Trinajstić information content (AvgIpc) is 1.91. The summed E-state index contributed by atoms with van der Waals surface area (Å²) < 4.78 is 5.60. The molecule has 70 valence electrons. The monoisotopic (exact) mass is 210 g/mol. The summed E-state index contributed by atoms with van der Waals surface area (Å²) in [5, 5.41) is 0.733. The van der Waals surface area contributed by atoms with Crippen molar-refractivity contribution in [2.45, 2.75) is 26.4 Å². The SMILES string of the molecule is CC(C)(C)Oc1ccc(Cl)cc1.[H-].[H-].[Mg+2]. The van der Waals surface area contributed by atoms with Crippen molar-refractivity contribution in [2.75, 3.05) is 0 Å². The Bertz CT molecular complexity index is 259. The van der Waals surface area contributed by atoms with Crippen LogP contribution in [0.25, 0.3) is 0 Å². The average molecular weight is 211 g/mol. The zero-order chi connectivity index (χ0) is 9.19. The van der Waals surface area contributed by atoms with Crippen molar-refractivity contribution < 1.29 is 7.59 Å². The number of hydrogen-bond acceptors (Lipinski definition) is 1. The third-order valence-electron chi connectivity index (χ3n) is 1.24. The molecule has 0 radical (unpaired) electrons. The molecule has 1 nitrogen and oxygen atoms in total. The maximum Gasteiger partial charge on any atom is 2.00 e. The largest absolute Gasteiger partial charge is 2.00 e. The van der Waals surface area contributed by atoms with Crippen LogP contribution in [0, 0.1) is 0 Å². The minimum absolute atomic E-state index is 0. The van der Waals surface area contributed by atoms with E-state index in [1.54, 1.807) is 0 Å². The zero-order valence-electron chi connectivity index (χ0n) is 10.3. The van der Waals surface area contributed by atoms with Crippen LogP contribution in [0.3, 0.4) is 0 Å². The first-order chi connectivity index (χ1) is 5.47. The van der Waals surface area contributed by atoms with E-state index in [0.29, 0.717) is 0 Å². The maximum absolute atomic E-state index is 5.73. The van der Waals surface area contributed by atoms with Gasteiger partial charge in [-0.1, -0.05) is 11.6 Å². The van der Waals surface area contributed by atoms with Crippen LogP contribution in [0.1, 0.15) is 23.6 Å². The van der Waals surface area contributed by atoms with Crippen molar-refractivity contribution in [1.29, 1.82) is 0 Å². The second kappa shape index (κ2) is 5.08. The Morgan fingerprint density at radius 2 is 1.62 bits per heavy atom. The van der Waals surface area contributed by atoms with E-state index in [1.807, 2.05) is 45.0 Å². The number of benzene rings is 1. The van der Waals surface area contributed by atoms with Crippen LogP contribution < -0.4 is 4.74 Å². The molecule has 1 aromatic rings. The Morgan fingerprint density at radius 3 is 2.00 bits per heavy atom. The summed E-state index contributed by atoms with van der Waals surface area (Å²) in [6, 6.07) is 7.38. The Kier molecular flexibility index (Phi) is 5.11. The first-order valence-corrected chi connectivity index (χ1v) is 4.30. The van der Waals surface area contributed by atoms with Crippen LogP contribution >= 0.6 is 11.6 Å². The van der Waals surface area contributed by atoms with Gasteiger partial charge in [-0.15, -0.1) is 0 Å². The van der Waals surface area contributed by atoms with Crippen molar-refractivity contribution in [3.63, 3.8) is 0 Å². The molecule has 0 atom stereocenters. The second-order valence-corrected chi connectivity index (χ2v) is 4.10. The van der Waals surface area contributed by atoms with Crippen molar-refractivity contribution in [3.05, 3.63) is 29.3 Å². The molecule has 0 aliphatic rings. The predicted octanol–water partition coefficient (Wildman–Crippen LogP) is 3.36. The molecule has 0 saturated heterocycles. The van der Waals surface area contributed by atoms with Crippen molar-refractivity contribution in [3.8, 4) is 5.75 Å². The van der Waals surface area contributed by atoms with Crippen molar-refractivity contribution in [2.24, 2.45) is 0 Å². The smallest absolute Gasteiger partial charge is 1.00 e. The van der Waals surface area contributed by atoms with Crippen LogP contribution in [0.2, 0.25) is 5.02 Å². The standard InChI is InChI=1S/C10H13ClO.Mg.2H/c1-10(2,3)12-9-6-4-8(11)5-7-9;;;/h4-7H,1-3H3;;;/q;+2;2*-1. The third kappa shape index (κ3) is 5.39. The van der Waals surface area contributed by atoms with Crippen molar-refractivity contribution in [1.82, 2.24) is 0 Å². The minimum atomic E-state index is -0.145. The molecule has 1 aromatic carbocycles. The molecule has 0 bridgehead atoms. The molecule has 0 N–H and O–H groups in total. The Balaban J connectivity index is -0.000000480. The van der Waals surface area contributed by atoms with E-state index in [-0.39, 0.29) is 31.5 Å². The van der Waals surface area contributed by atoms with Crippen LogP contribution in [0.4, 0.5) is 0 Å². The van der Waals surface area contributed by atoms with Crippen molar-refractivity contribution >= 4 is 34.7 Å². The number of rotatable bonds is 1. The molecule has 13 heavy (non-hydrogen) atoms. The van der Waals surface area contributed by atoms with E-state index in [2.05, 4.69) is 0 Å². The van der Waals surface area contributed by atoms with Gasteiger partial charge in [0.05, 0.1) is 0 Å². The summed E-state index contributed by atoms with van der Waals surface area (Å²) in [4.78, 5) is 0. The summed E-state index contributed by atoms with van der Waals surface area (Å²) in [5.74, 6) is 0.854. The predicted molar refractivity (Wildman–Crippen MR) is 59.8 cm³/mol. The molecule has 0 saturated carbocycles. The van der Waals surface area contributed by atoms with Gasteiger partial charge in [0.2, 0.25) is 0 Å². The molecule has 0 fully saturated rings. The number of ether oxygens (including phenoxy) is 1. The van der Waals surface area contributed by atoms with Crippen LogP contribution in [0.15, 0.2) is 24.3 Å². The molecule has 1 rings (SSSR count). The molecular formula is C10H15ClMgO. The fourth-order valence-electron chi connectivity index (χ4n) is 0.856. The molecule has 0 spiro atoms. The van der Waals surface area contributed by atoms with E-state index in [0.717, 1.165) is 10.8 Å². The number of halogens is 1. The van der Waals surface area contributed by atoms with E-state index in [4.69, 9.17) is 16.3 Å². The molecule has 0 amide bonds. The molecule has 0 aliphatic heterocycles. The van der Waals surface area contributed by atoms with Gasteiger partial charge in [-0.25, -0.2) is 0 Å². The van der Waals surface area contributed by atoms with Gasteiger partial charge in [-0.3, -0.25) is 0 Å². The Morgan fingerprint density at radius 1 is 1.15 bits per heavy atom. The van der Waals surface area contributed by atoms with Crippen LogP contribution in [0.5, 0.6) is 5.75 Å². The molecule has 0 unspecified atom stereocenters. The summed E-state index contributed by atoms with van der Waals surface area (Å²) >= 11 is 5.73. The molecular weight excluding hydrogens is 196 g/mol. The first kappa shape index (κ1) is 13.1. The van der Waals surface area contributed by atoms with Crippen LogP contribution in [-0.2, 0) is 0 Å². The van der Waals surface area contributed by atoms with Gasteiger partial charge >= 0.3 is 23.1 Å². The van der Waals surface area contributed by atoms with Gasteiger partial charge < -0.3 is 7.59 Å². The van der Waals surface area contributed by atoms with Gasteiger partial charge in [0.25, 0.3) is 0 Å².